The zero-order valence-corrected chi connectivity index (χ0v) is 10.6. The molecule has 0 bridgehead atoms. The van der Waals surface area contributed by atoms with Gasteiger partial charge >= 0.3 is 5.97 Å². The van der Waals surface area contributed by atoms with Gasteiger partial charge in [-0.05, 0) is 28.1 Å². The molecule has 1 rings (SSSR count). The lowest BCUT2D eigenvalue weighted by atomic mass is 10.1. The van der Waals surface area contributed by atoms with Crippen LogP contribution in [-0.2, 0) is 9.53 Å². The van der Waals surface area contributed by atoms with Crippen LogP contribution in [-0.4, -0.2) is 20.2 Å². The fourth-order valence-electron chi connectivity index (χ4n) is 1.16. The molecule has 0 fully saturated rings. The third-order valence-corrected chi connectivity index (χ3v) is 2.54. The van der Waals surface area contributed by atoms with Crippen molar-refractivity contribution in [2.24, 2.45) is 0 Å². The van der Waals surface area contributed by atoms with Crippen molar-refractivity contribution in [2.45, 2.75) is 0 Å². The normalized spacial score (nSPS) is 11.1. The molecule has 0 aromatic heterocycles. The van der Waals surface area contributed by atoms with Crippen LogP contribution in [0.15, 0.2) is 22.7 Å². The van der Waals surface area contributed by atoms with Gasteiger partial charge in [0.15, 0.2) is 0 Å². The Balaban J connectivity index is 3.10. The summed E-state index contributed by atoms with van der Waals surface area (Å²) in [4.78, 5) is 11.2. The molecule has 16 heavy (non-hydrogen) atoms. The van der Waals surface area contributed by atoms with Crippen molar-refractivity contribution in [1.82, 2.24) is 0 Å². The summed E-state index contributed by atoms with van der Waals surface area (Å²) in [6, 6.07) is 5.32. The maximum Gasteiger partial charge on any atom is 0.344 e. The summed E-state index contributed by atoms with van der Waals surface area (Å²) in [6.45, 7) is 0. The van der Waals surface area contributed by atoms with E-state index in [4.69, 9.17) is 10.5 Å². The topological polar surface area (TPSA) is 61.5 Å². The minimum Gasteiger partial charge on any atom is -0.495 e. The van der Waals surface area contributed by atoms with E-state index in [1.165, 1.54) is 14.2 Å². The van der Waals surface area contributed by atoms with Crippen LogP contribution < -0.4 is 10.5 Å². The minimum absolute atomic E-state index is 0.301. The minimum atomic E-state index is -0.456. The van der Waals surface area contributed by atoms with E-state index in [2.05, 4.69) is 20.7 Å². The van der Waals surface area contributed by atoms with E-state index in [-0.39, 0.29) is 0 Å². The van der Waals surface area contributed by atoms with Gasteiger partial charge in [0.05, 0.1) is 19.9 Å². The highest BCUT2D eigenvalue weighted by Gasteiger charge is 2.08. The average Bonchev–Trinajstić information content (AvgIpc) is 2.30. The molecule has 0 atom stereocenters. The third-order valence-electron chi connectivity index (χ3n) is 1.98. The first kappa shape index (κ1) is 12.6. The van der Waals surface area contributed by atoms with Gasteiger partial charge in [-0.2, -0.15) is 0 Å². The molecule has 0 aliphatic heterocycles. The van der Waals surface area contributed by atoms with Crippen molar-refractivity contribution < 1.29 is 14.3 Å². The van der Waals surface area contributed by atoms with E-state index in [1.54, 1.807) is 24.3 Å². The van der Waals surface area contributed by atoms with Crippen LogP contribution in [0.25, 0.3) is 6.08 Å². The fourth-order valence-corrected chi connectivity index (χ4v) is 1.57. The number of halogens is 1. The lowest BCUT2D eigenvalue weighted by Crippen LogP contribution is -2.00. The van der Waals surface area contributed by atoms with E-state index in [1.807, 2.05) is 0 Å². The molecule has 0 saturated carbocycles. The molecule has 4 nitrogen and oxygen atoms in total. The molecule has 0 aliphatic carbocycles. The smallest absolute Gasteiger partial charge is 0.344 e. The molecule has 0 amide bonds. The Kier molecular flexibility index (Phi) is 4.37. The number of esters is 1. The molecule has 0 unspecified atom stereocenters. The third kappa shape index (κ3) is 2.76. The largest absolute Gasteiger partial charge is 0.495 e. The van der Waals surface area contributed by atoms with Crippen molar-refractivity contribution in [3.63, 3.8) is 0 Å². The number of carbonyl (C=O) groups is 1. The summed E-state index contributed by atoms with van der Waals surface area (Å²) in [6.07, 6.45) is 1.59. The van der Waals surface area contributed by atoms with Crippen LogP contribution >= 0.6 is 15.9 Å². The Labute approximate surface area is 102 Å². The number of para-hydroxylation sites is 1. The molecular weight excluding hydrogens is 274 g/mol. The second-order valence-corrected chi connectivity index (χ2v) is 3.80. The van der Waals surface area contributed by atoms with Gasteiger partial charge in [-0.25, -0.2) is 4.79 Å². The fraction of sp³-hybridized carbons (Fsp3) is 0.182. The zero-order chi connectivity index (χ0) is 12.1. The van der Waals surface area contributed by atoms with Gasteiger partial charge < -0.3 is 15.2 Å². The number of ether oxygens (including phenoxy) is 2. The second kappa shape index (κ2) is 5.55. The molecule has 5 heteroatoms. The molecule has 0 heterocycles. The van der Waals surface area contributed by atoms with Crippen molar-refractivity contribution in [3.05, 3.63) is 28.2 Å². The number of methoxy groups -OCH3 is 2. The Morgan fingerprint density at radius 3 is 2.69 bits per heavy atom. The monoisotopic (exact) mass is 285 g/mol. The molecular formula is C11H12BrNO3. The SMILES string of the molecule is COC(=O)/C(Br)=C/c1cccc(OC)c1N. The van der Waals surface area contributed by atoms with Gasteiger partial charge in [0, 0.05) is 5.56 Å². The Bertz CT molecular complexity index is 429. The van der Waals surface area contributed by atoms with Crippen LogP contribution in [0.3, 0.4) is 0 Å². The van der Waals surface area contributed by atoms with Gasteiger partial charge in [-0.3, -0.25) is 0 Å². The van der Waals surface area contributed by atoms with Gasteiger partial charge in [-0.15, -0.1) is 0 Å². The van der Waals surface area contributed by atoms with E-state index in [0.29, 0.717) is 21.5 Å². The first-order valence-corrected chi connectivity index (χ1v) is 5.27. The van der Waals surface area contributed by atoms with E-state index < -0.39 is 5.97 Å². The summed E-state index contributed by atoms with van der Waals surface area (Å²) in [5.41, 5.74) is 7.01. The van der Waals surface area contributed by atoms with Crippen molar-refractivity contribution in [2.75, 3.05) is 20.0 Å². The number of nitrogens with two attached hydrogens (primary N) is 1. The van der Waals surface area contributed by atoms with E-state index in [9.17, 15) is 4.79 Å². The van der Waals surface area contributed by atoms with Crippen LogP contribution in [0.2, 0.25) is 0 Å². The Morgan fingerprint density at radius 1 is 1.44 bits per heavy atom. The highest BCUT2D eigenvalue weighted by Crippen LogP contribution is 2.27. The zero-order valence-electron chi connectivity index (χ0n) is 8.99. The predicted molar refractivity (Wildman–Crippen MR) is 66.3 cm³/mol. The van der Waals surface area contributed by atoms with E-state index >= 15 is 0 Å². The molecule has 1 aromatic carbocycles. The molecule has 2 N–H and O–H groups in total. The number of hydrogen-bond donors (Lipinski definition) is 1. The second-order valence-electron chi connectivity index (χ2n) is 2.95. The molecule has 0 saturated heterocycles. The molecule has 0 spiro atoms. The van der Waals surface area contributed by atoms with Crippen LogP contribution in [0.4, 0.5) is 5.69 Å². The lowest BCUT2D eigenvalue weighted by molar-refractivity contribution is -0.135. The van der Waals surface area contributed by atoms with Crippen molar-refractivity contribution in [3.8, 4) is 5.75 Å². The van der Waals surface area contributed by atoms with Gasteiger partial charge in [0.1, 0.15) is 10.2 Å². The van der Waals surface area contributed by atoms with Gasteiger partial charge in [-0.1, -0.05) is 12.1 Å². The number of nitrogen functional groups attached to an aromatic ring is 1. The first-order chi connectivity index (χ1) is 7.60. The standard InChI is InChI=1S/C11H12BrNO3/c1-15-9-5-3-4-7(10(9)13)6-8(12)11(14)16-2/h3-6H,13H2,1-2H3/b8-6-. The van der Waals surface area contributed by atoms with Crippen LogP contribution in [0, 0.1) is 0 Å². The molecule has 0 aliphatic rings. The highest BCUT2D eigenvalue weighted by molar-refractivity contribution is 9.12. The quantitative estimate of drug-likeness (QED) is 0.525. The highest BCUT2D eigenvalue weighted by atomic mass is 79.9. The van der Waals surface area contributed by atoms with Crippen LogP contribution in [0.1, 0.15) is 5.56 Å². The Morgan fingerprint density at radius 2 is 2.12 bits per heavy atom. The number of rotatable bonds is 3. The predicted octanol–water partition coefficient (Wildman–Crippen LogP) is 2.19. The lowest BCUT2D eigenvalue weighted by Gasteiger charge is -2.07. The number of anilines is 1. The summed E-state index contributed by atoms with van der Waals surface area (Å²) in [5, 5.41) is 0. The molecule has 1 aromatic rings. The molecule has 86 valence electrons. The van der Waals surface area contributed by atoms with Crippen LogP contribution in [0.5, 0.6) is 5.75 Å². The summed E-state index contributed by atoms with van der Waals surface area (Å²) in [5.74, 6) is 0.112. The summed E-state index contributed by atoms with van der Waals surface area (Å²) < 4.78 is 9.92. The summed E-state index contributed by atoms with van der Waals surface area (Å²) in [7, 11) is 2.85. The summed E-state index contributed by atoms with van der Waals surface area (Å²) >= 11 is 3.11. The van der Waals surface area contributed by atoms with Gasteiger partial charge in [0.25, 0.3) is 0 Å². The maximum atomic E-state index is 11.2. The van der Waals surface area contributed by atoms with Crippen molar-refractivity contribution >= 4 is 33.7 Å². The van der Waals surface area contributed by atoms with Crippen molar-refractivity contribution in [1.29, 1.82) is 0 Å². The Hall–Kier alpha value is -1.49. The molecule has 0 radical (unpaired) electrons. The average molecular weight is 286 g/mol. The first-order valence-electron chi connectivity index (χ1n) is 4.48. The van der Waals surface area contributed by atoms with E-state index in [0.717, 1.165) is 0 Å². The number of carbonyl (C=O) groups excluding carboxylic acids is 1. The number of hydrogen-bond acceptors (Lipinski definition) is 4. The van der Waals surface area contributed by atoms with Gasteiger partial charge in [0.2, 0.25) is 0 Å². The maximum absolute atomic E-state index is 11.2. The number of benzene rings is 1.